The third-order valence-corrected chi connectivity index (χ3v) is 6.20. The van der Waals surface area contributed by atoms with E-state index in [1.807, 2.05) is 0 Å². The molecule has 1 N–H and O–H groups in total. The number of esters is 1. The number of carbonyl (C=O) groups is 1. The number of hydrogen-bond donors (Lipinski definition) is 1. The lowest BCUT2D eigenvalue weighted by atomic mass is 9.76. The molecule has 1 aromatic rings. The van der Waals surface area contributed by atoms with Gasteiger partial charge in [-0.3, -0.25) is 0 Å². The number of benzene rings is 1. The first-order valence-corrected chi connectivity index (χ1v) is 11.1. The van der Waals surface area contributed by atoms with E-state index in [4.69, 9.17) is 9.84 Å². The van der Waals surface area contributed by atoms with E-state index in [0.29, 0.717) is 6.61 Å². The Morgan fingerprint density at radius 3 is 2.57 bits per heavy atom. The molecule has 1 fully saturated rings. The van der Waals surface area contributed by atoms with E-state index >= 15 is 0 Å². The van der Waals surface area contributed by atoms with E-state index in [2.05, 4.69) is 38.6 Å². The number of ether oxygens (including phenoxy) is 1. The van der Waals surface area contributed by atoms with Gasteiger partial charge in [0, 0.05) is 0 Å². The normalized spacial score (nSPS) is 19.4. The molecule has 0 radical (unpaired) electrons. The highest BCUT2D eigenvalue weighted by Crippen LogP contribution is 2.38. The van der Waals surface area contributed by atoms with Crippen molar-refractivity contribution in [3.05, 3.63) is 47.0 Å². The number of carbonyl (C=O) groups excluding carboxylic acids is 1. The fourth-order valence-electron chi connectivity index (χ4n) is 4.32. The maximum absolute atomic E-state index is 11.5. The van der Waals surface area contributed by atoms with E-state index < -0.39 is 5.97 Å². The molecule has 3 nitrogen and oxygen atoms in total. The summed E-state index contributed by atoms with van der Waals surface area (Å²) >= 11 is 0. The van der Waals surface area contributed by atoms with Crippen LogP contribution in [0.1, 0.15) is 87.3 Å². The molecule has 156 valence electrons. The zero-order valence-electron chi connectivity index (χ0n) is 17.8. The summed E-state index contributed by atoms with van der Waals surface area (Å²) in [6, 6.07) is 6.94. The smallest absolute Gasteiger partial charge is 0.335 e. The number of hydrogen-bond acceptors (Lipinski definition) is 3. The van der Waals surface area contributed by atoms with Crippen LogP contribution in [0.4, 0.5) is 0 Å². The van der Waals surface area contributed by atoms with Gasteiger partial charge in [-0.25, -0.2) is 4.79 Å². The van der Waals surface area contributed by atoms with Gasteiger partial charge in [-0.1, -0.05) is 57.4 Å². The van der Waals surface area contributed by atoms with Crippen molar-refractivity contribution in [3.8, 4) is 0 Å². The molecule has 0 atom stereocenters. The highest BCUT2D eigenvalue weighted by Gasteiger charge is 2.22. The molecule has 1 aliphatic carbocycles. The Balaban J connectivity index is 1.76. The molecule has 28 heavy (non-hydrogen) atoms. The Hall–Kier alpha value is -1.61. The van der Waals surface area contributed by atoms with Crippen LogP contribution in [0.5, 0.6) is 0 Å². The van der Waals surface area contributed by atoms with Crippen LogP contribution in [0.2, 0.25) is 0 Å². The molecule has 1 aliphatic rings. The quantitative estimate of drug-likeness (QED) is 0.294. The fraction of sp³-hybridized carbons (Fsp3) is 0.640. The number of aliphatic hydroxyl groups excluding tert-OH is 1. The number of unbranched alkanes of at least 4 members (excludes halogenated alkanes) is 2. The van der Waals surface area contributed by atoms with Gasteiger partial charge in [0.15, 0.2) is 0 Å². The SMILES string of the molecule is C=C(CO)C(=O)OCCCc1ccc(C2CCC(CCCCC)CC2)cc1C. The molecule has 2 rings (SSSR count). The van der Waals surface area contributed by atoms with Crippen LogP contribution in [0, 0.1) is 12.8 Å². The minimum Gasteiger partial charge on any atom is -0.462 e. The zero-order valence-corrected chi connectivity index (χ0v) is 17.8. The van der Waals surface area contributed by atoms with E-state index in [1.165, 1.54) is 68.1 Å². The summed E-state index contributed by atoms with van der Waals surface area (Å²) in [4.78, 5) is 11.5. The van der Waals surface area contributed by atoms with E-state index in [9.17, 15) is 4.79 Å². The van der Waals surface area contributed by atoms with Gasteiger partial charge in [-0.2, -0.15) is 0 Å². The molecule has 0 unspecified atom stereocenters. The third-order valence-electron chi connectivity index (χ3n) is 6.20. The lowest BCUT2D eigenvalue weighted by molar-refractivity contribution is -0.139. The molecule has 0 heterocycles. The zero-order chi connectivity index (χ0) is 20.4. The lowest BCUT2D eigenvalue weighted by Gasteiger charge is -2.29. The van der Waals surface area contributed by atoms with Crippen molar-refractivity contribution in [2.24, 2.45) is 5.92 Å². The Morgan fingerprint density at radius 1 is 1.18 bits per heavy atom. The summed E-state index contributed by atoms with van der Waals surface area (Å²) < 4.78 is 5.12. The summed E-state index contributed by atoms with van der Waals surface area (Å²) in [5.41, 5.74) is 4.28. The maximum Gasteiger partial charge on any atom is 0.335 e. The Labute approximate surface area is 171 Å². The van der Waals surface area contributed by atoms with Crippen molar-refractivity contribution in [1.82, 2.24) is 0 Å². The number of aryl methyl sites for hydroxylation is 2. The molecule has 1 saturated carbocycles. The van der Waals surface area contributed by atoms with Gasteiger partial charge in [-0.15, -0.1) is 0 Å². The standard InChI is InChI=1S/C25H38O3/c1-4-5-6-8-21-10-12-23(13-11-21)24-15-14-22(19(2)17-24)9-7-16-28-25(27)20(3)18-26/h14-15,17,21,23,26H,3-13,16,18H2,1-2H3. The van der Waals surface area contributed by atoms with Crippen LogP contribution >= 0.6 is 0 Å². The van der Waals surface area contributed by atoms with Gasteiger partial charge >= 0.3 is 5.97 Å². The molecule has 0 spiro atoms. The summed E-state index contributed by atoms with van der Waals surface area (Å²) in [5.74, 6) is 1.17. The molecule has 1 aromatic carbocycles. The van der Waals surface area contributed by atoms with Crippen LogP contribution in [0.15, 0.2) is 30.4 Å². The average Bonchev–Trinajstić information content (AvgIpc) is 2.72. The van der Waals surface area contributed by atoms with Gasteiger partial charge in [0.05, 0.1) is 18.8 Å². The first-order chi connectivity index (χ1) is 13.5. The van der Waals surface area contributed by atoms with Crippen molar-refractivity contribution in [2.45, 2.75) is 84.0 Å². The van der Waals surface area contributed by atoms with E-state index in [-0.39, 0.29) is 12.2 Å². The maximum atomic E-state index is 11.5. The van der Waals surface area contributed by atoms with Gasteiger partial charge < -0.3 is 9.84 Å². The van der Waals surface area contributed by atoms with Crippen molar-refractivity contribution >= 4 is 5.97 Å². The summed E-state index contributed by atoms with van der Waals surface area (Å²) in [5, 5.41) is 8.87. The molecular formula is C25H38O3. The van der Waals surface area contributed by atoms with Gasteiger partial charge in [-0.05, 0) is 74.0 Å². The van der Waals surface area contributed by atoms with E-state index in [1.54, 1.807) is 0 Å². The second-order valence-electron chi connectivity index (χ2n) is 8.40. The lowest BCUT2D eigenvalue weighted by Crippen LogP contribution is -2.13. The topological polar surface area (TPSA) is 46.5 Å². The Bertz CT molecular complexity index is 627. The van der Waals surface area contributed by atoms with Crippen molar-refractivity contribution in [1.29, 1.82) is 0 Å². The molecule has 3 heteroatoms. The molecule has 0 saturated heterocycles. The van der Waals surface area contributed by atoms with E-state index in [0.717, 1.165) is 24.7 Å². The predicted octanol–water partition coefficient (Wildman–Crippen LogP) is 5.87. The van der Waals surface area contributed by atoms with Crippen LogP contribution in [-0.2, 0) is 16.0 Å². The third kappa shape index (κ3) is 7.09. The predicted molar refractivity (Wildman–Crippen MR) is 116 cm³/mol. The fourth-order valence-corrected chi connectivity index (χ4v) is 4.32. The van der Waals surface area contributed by atoms with Gasteiger partial charge in [0.1, 0.15) is 0 Å². The number of rotatable bonds is 11. The largest absolute Gasteiger partial charge is 0.462 e. The van der Waals surface area contributed by atoms with Gasteiger partial charge in [0.25, 0.3) is 0 Å². The van der Waals surface area contributed by atoms with Crippen molar-refractivity contribution in [3.63, 3.8) is 0 Å². The van der Waals surface area contributed by atoms with Gasteiger partial charge in [0.2, 0.25) is 0 Å². The minimum atomic E-state index is -0.500. The van der Waals surface area contributed by atoms with Crippen molar-refractivity contribution in [2.75, 3.05) is 13.2 Å². The summed E-state index contributed by atoms with van der Waals surface area (Å²) in [6.07, 6.45) is 12.7. The second-order valence-corrected chi connectivity index (χ2v) is 8.40. The first kappa shape index (κ1) is 22.7. The summed E-state index contributed by atoms with van der Waals surface area (Å²) in [7, 11) is 0. The highest BCUT2D eigenvalue weighted by molar-refractivity contribution is 5.87. The molecule has 0 bridgehead atoms. The Morgan fingerprint density at radius 2 is 1.93 bits per heavy atom. The molecule has 0 amide bonds. The van der Waals surface area contributed by atoms with Crippen LogP contribution in [0.3, 0.4) is 0 Å². The average molecular weight is 387 g/mol. The minimum absolute atomic E-state index is 0.112. The molecule has 0 aromatic heterocycles. The summed E-state index contributed by atoms with van der Waals surface area (Å²) in [6.45, 7) is 7.96. The van der Waals surface area contributed by atoms with Crippen LogP contribution in [0.25, 0.3) is 0 Å². The monoisotopic (exact) mass is 386 g/mol. The first-order valence-electron chi connectivity index (χ1n) is 11.1. The Kier molecular flexibility index (Phi) is 9.77. The highest BCUT2D eigenvalue weighted by atomic mass is 16.5. The molecular weight excluding hydrogens is 348 g/mol. The molecule has 0 aliphatic heterocycles. The van der Waals surface area contributed by atoms with Crippen LogP contribution in [-0.4, -0.2) is 24.3 Å². The number of aliphatic hydroxyl groups is 1. The van der Waals surface area contributed by atoms with Crippen molar-refractivity contribution < 1.29 is 14.6 Å². The second kappa shape index (κ2) is 12.1. The van der Waals surface area contributed by atoms with Crippen LogP contribution < -0.4 is 0 Å².